The van der Waals surface area contributed by atoms with Crippen molar-refractivity contribution in [3.05, 3.63) is 29.8 Å². The number of aliphatic imine (C=N–C) groups is 1. The van der Waals surface area contributed by atoms with Crippen molar-refractivity contribution >= 4 is 29.9 Å². The maximum Gasteiger partial charge on any atom is 0.190 e. The highest BCUT2D eigenvalue weighted by atomic mass is 127. The smallest absolute Gasteiger partial charge is 0.190 e. The summed E-state index contributed by atoms with van der Waals surface area (Å²) in [7, 11) is 3.56. The van der Waals surface area contributed by atoms with Crippen LogP contribution in [0.1, 0.15) is 51.0 Å². The monoisotopic (exact) mass is 503 g/mol. The average molecular weight is 503 g/mol. The second kappa shape index (κ2) is 14.0. The molecule has 0 amide bonds. The van der Waals surface area contributed by atoms with E-state index in [0.717, 1.165) is 57.3 Å². The highest BCUT2D eigenvalue weighted by molar-refractivity contribution is 14.0. The predicted molar refractivity (Wildman–Crippen MR) is 128 cm³/mol. The van der Waals surface area contributed by atoms with Crippen molar-refractivity contribution < 1.29 is 9.47 Å². The molecular weight excluding hydrogens is 465 g/mol. The number of methoxy groups -OCH3 is 1. The number of nitrogens with one attached hydrogen (secondary N) is 2. The van der Waals surface area contributed by atoms with Crippen LogP contribution in [0.25, 0.3) is 0 Å². The van der Waals surface area contributed by atoms with Gasteiger partial charge in [0.1, 0.15) is 5.75 Å². The van der Waals surface area contributed by atoms with Crippen LogP contribution in [0.3, 0.4) is 0 Å². The van der Waals surface area contributed by atoms with Crippen molar-refractivity contribution in [1.29, 1.82) is 0 Å². The first-order valence-corrected chi connectivity index (χ1v) is 10.4. The molecule has 0 aliphatic heterocycles. The molecule has 0 atom stereocenters. The summed E-state index contributed by atoms with van der Waals surface area (Å²) in [6.45, 7) is 5.63. The molecule has 28 heavy (non-hydrogen) atoms. The Bertz CT molecular complexity index is 575. The van der Waals surface area contributed by atoms with Crippen LogP contribution in [0, 0.1) is 5.41 Å². The number of rotatable bonds is 11. The number of hydrogen-bond acceptors (Lipinski definition) is 3. The second-order valence-corrected chi connectivity index (χ2v) is 7.46. The number of ether oxygens (including phenoxy) is 2. The van der Waals surface area contributed by atoms with Gasteiger partial charge in [0.05, 0.1) is 7.11 Å². The molecule has 2 rings (SSSR count). The summed E-state index contributed by atoms with van der Waals surface area (Å²) < 4.78 is 10.9. The fraction of sp³-hybridized carbons (Fsp3) is 0.682. The molecule has 1 aromatic rings. The molecule has 0 heterocycles. The Morgan fingerprint density at radius 3 is 2.68 bits per heavy atom. The van der Waals surface area contributed by atoms with Gasteiger partial charge in [-0.1, -0.05) is 25.0 Å². The minimum atomic E-state index is 0. The third-order valence-electron chi connectivity index (χ3n) is 5.57. The van der Waals surface area contributed by atoms with E-state index in [0.29, 0.717) is 5.41 Å². The standard InChI is InChI=1S/C22H37N3O2.HI/c1-4-27-16-14-22(12-5-6-13-22)18-25-21(23-2)24-15-8-10-19-9-7-11-20(17-19)26-3;/h7,9,11,17H,4-6,8,10,12-16,18H2,1-3H3,(H2,23,24,25);1H. The molecule has 1 fully saturated rings. The zero-order valence-corrected chi connectivity index (χ0v) is 20.1. The van der Waals surface area contributed by atoms with Crippen LogP contribution in [0.5, 0.6) is 5.75 Å². The van der Waals surface area contributed by atoms with Crippen molar-refractivity contribution in [3.8, 4) is 5.75 Å². The van der Waals surface area contributed by atoms with Crippen molar-refractivity contribution in [2.24, 2.45) is 10.4 Å². The van der Waals surface area contributed by atoms with Crippen molar-refractivity contribution in [2.75, 3.05) is 40.5 Å². The van der Waals surface area contributed by atoms with Crippen LogP contribution in [0.2, 0.25) is 0 Å². The largest absolute Gasteiger partial charge is 0.497 e. The third-order valence-corrected chi connectivity index (χ3v) is 5.57. The highest BCUT2D eigenvalue weighted by Gasteiger charge is 2.33. The molecule has 0 radical (unpaired) electrons. The zero-order chi connectivity index (χ0) is 19.4. The predicted octanol–water partition coefficient (Wildman–Crippen LogP) is 4.40. The first-order chi connectivity index (χ1) is 13.2. The van der Waals surface area contributed by atoms with Gasteiger partial charge in [0, 0.05) is 33.4 Å². The van der Waals surface area contributed by atoms with Crippen LogP contribution in [-0.2, 0) is 11.2 Å². The van der Waals surface area contributed by atoms with Gasteiger partial charge in [-0.2, -0.15) is 0 Å². The van der Waals surface area contributed by atoms with E-state index in [2.05, 4.69) is 34.7 Å². The quantitative estimate of drug-likeness (QED) is 0.204. The zero-order valence-electron chi connectivity index (χ0n) is 17.8. The van der Waals surface area contributed by atoms with E-state index >= 15 is 0 Å². The van der Waals surface area contributed by atoms with Gasteiger partial charge in [-0.25, -0.2) is 0 Å². The van der Waals surface area contributed by atoms with Gasteiger partial charge >= 0.3 is 0 Å². The van der Waals surface area contributed by atoms with E-state index in [1.54, 1.807) is 7.11 Å². The van der Waals surface area contributed by atoms with Gasteiger partial charge in [-0.05, 0) is 62.1 Å². The summed E-state index contributed by atoms with van der Waals surface area (Å²) in [5.41, 5.74) is 1.67. The van der Waals surface area contributed by atoms with Crippen LogP contribution >= 0.6 is 24.0 Å². The summed E-state index contributed by atoms with van der Waals surface area (Å²) in [5, 5.41) is 7.01. The maximum atomic E-state index is 5.61. The summed E-state index contributed by atoms with van der Waals surface area (Å²) in [6, 6.07) is 8.29. The number of nitrogens with zero attached hydrogens (tertiary/aromatic N) is 1. The lowest BCUT2D eigenvalue weighted by Crippen LogP contribution is -2.43. The normalized spacial score (nSPS) is 15.8. The fourth-order valence-electron chi connectivity index (χ4n) is 3.89. The SMILES string of the molecule is CCOCCC1(CNC(=NC)NCCCc2cccc(OC)c2)CCCC1.I. The summed E-state index contributed by atoms with van der Waals surface area (Å²) >= 11 is 0. The Labute approximate surface area is 188 Å². The van der Waals surface area contributed by atoms with E-state index in [-0.39, 0.29) is 24.0 Å². The van der Waals surface area contributed by atoms with E-state index in [1.165, 1.54) is 31.2 Å². The van der Waals surface area contributed by atoms with Crippen LogP contribution in [-0.4, -0.2) is 46.4 Å². The molecule has 0 unspecified atom stereocenters. The Hall–Kier alpha value is -1.02. The molecule has 1 saturated carbocycles. The summed E-state index contributed by atoms with van der Waals surface area (Å²) in [4.78, 5) is 4.39. The fourth-order valence-corrected chi connectivity index (χ4v) is 3.89. The molecule has 1 aliphatic carbocycles. The van der Waals surface area contributed by atoms with Crippen molar-refractivity contribution in [2.45, 2.75) is 51.9 Å². The minimum absolute atomic E-state index is 0. The molecule has 2 N–H and O–H groups in total. The Balaban J connectivity index is 0.00000392. The van der Waals surface area contributed by atoms with Crippen LogP contribution in [0.4, 0.5) is 0 Å². The van der Waals surface area contributed by atoms with Gasteiger partial charge in [-0.3, -0.25) is 4.99 Å². The lowest BCUT2D eigenvalue weighted by molar-refractivity contribution is 0.105. The molecule has 0 spiro atoms. The van der Waals surface area contributed by atoms with E-state index in [1.807, 2.05) is 19.2 Å². The lowest BCUT2D eigenvalue weighted by Gasteiger charge is -2.30. The maximum absolute atomic E-state index is 5.61. The number of hydrogen-bond donors (Lipinski definition) is 2. The van der Waals surface area contributed by atoms with Gasteiger partial charge in [0.2, 0.25) is 0 Å². The molecule has 5 nitrogen and oxygen atoms in total. The first-order valence-electron chi connectivity index (χ1n) is 10.4. The third kappa shape index (κ3) is 8.55. The Morgan fingerprint density at radius 2 is 2.00 bits per heavy atom. The summed E-state index contributed by atoms with van der Waals surface area (Å²) in [6.07, 6.45) is 8.48. The van der Waals surface area contributed by atoms with E-state index in [9.17, 15) is 0 Å². The van der Waals surface area contributed by atoms with E-state index in [4.69, 9.17) is 9.47 Å². The topological polar surface area (TPSA) is 54.9 Å². The first kappa shape index (κ1) is 25.0. The average Bonchev–Trinajstić information content (AvgIpc) is 3.17. The lowest BCUT2D eigenvalue weighted by atomic mass is 9.83. The van der Waals surface area contributed by atoms with Crippen LogP contribution < -0.4 is 15.4 Å². The van der Waals surface area contributed by atoms with Crippen molar-refractivity contribution in [1.82, 2.24) is 10.6 Å². The number of halogens is 1. The molecule has 0 aromatic heterocycles. The number of aryl methyl sites for hydroxylation is 1. The molecule has 1 aliphatic rings. The molecule has 160 valence electrons. The van der Waals surface area contributed by atoms with Crippen LogP contribution in [0.15, 0.2) is 29.3 Å². The highest BCUT2D eigenvalue weighted by Crippen LogP contribution is 2.40. The molecule has 1 aromatic carbocycles. The van der Waals surface area contributed by atoms with Gasteiger partial charge in [0.15, 0.2) is 5.96 Å². The Kier molecular flexibility index (Phi) is 12.5. The second-order valence-electron chi connectivity index (χ2n) is 7.46. The van der Waals surface area contributed by atoms with Gasteiger partial charge in [-0.15, -0.1) is 24.0 Å². The molecular formula is C22H38IN3O2. The minimum Gasteiger partial charge on any atom is -0.497 e. The molecule has 0 bridgehead atoms. The number of benzene rings is 1. The number of guanidine groups is 1. The molecule has 0 saturated heterocycles. The Morgan fingerprint density at radius 1 is 1.21 bits per heavy atom. The van der Waals surface area contributed by atoms with Gasteiger partial charge in [0.25, 0.3) is 0 Å². The van der Waals surface area contributed by atoms with E-state index < -0.39 is 0 Å². The molecule has 6 heteroatoms. The summed E-state index contributed by atoms with van der Waals surface area (Å²) in [5.74, 6) is 1.83. The van der Waals surface area contributed by atoms with Gasteiger partial charge < -0.3 is 20.1 Å². The van der Waals surface area contributed by atoms with Crippen molar-refractivity contribution in [3.63, 3.8) is 0 Å².